The largest absolute Gasteiger partial charge is 0.466 e. The van der Waals surface area contributed by atoms with Crippen LogP contribution in [0.4, 0.5) is 0 Å². The first-order valence-corrected chi connectivity index (χ1v) is 14.5. The number of likely N-dealkylation sites (tertiary alicyclic amines) is 1. The minimum absolute atomic E-state index is 0.0771. The Balaban J connectivity index is 1.82. The maximum Gasteiger partial charge on any atom is 0.307 e. The van der Waals surface area contributed by atoms with E-state index in [1.165, 1.54) is 5.56 Å². The highest BCUT2D eigenvalue weighted by Crippen LogP contribution is 2.31. The molecular weight excluding hydrogens is 406 g/mol. The summed E-state index contributed by atoms with van der Waals surface area (Å²) in [5.41, 5.74) is 2.35. The Labute approximate surface area is 187 Å². The summed E-state index contributed by atoms with van der Waals surface area (Å²) in [5, 5.41) is 0. The third-order valence-electron chi connectivity index (χ3n) is 5.34. The predicted octanol–water partition coefficient (Wildman–Crippen LogP) is 4.63. The molecule has 0 aliphatic carbocycles. The summed E-state index contributed by atoms with van der Waals surface area (Å²) < 4.78 is 18.3. The average molecular weight is 442 g/mol. The molecule has 168 valence electrons. The molecule has 1 unspecified atom stereocenters. The van der Waals surface area contributed by atoms with Gasteiger partial charge in [-0.05, 0) is 37.7 Å². The summed E-state index contributed by atoms with van der Waals surface area (Å²) >= 11 is 0. The van der Waals surface area contributed by atoms with Gasteiger partial charge in [-0.2, -0.15) is 0 Å². The number of carbonyl (C=O) groups is 1. The fourth-order valence-corrected chi connectivity index (χ4v) is 5.17. The number of esters is 1. The molecule has 1 fully saturated rings. The van der Waals surface area contributed by atoms with E-state index in [1.807, 2.05) is 43.3 Å². The van der Waals surface area contributed by atoms with Gasteiger partial charge in [-0.25, -0.2) is 0 Å². The van der Waals surface area contributed by atoms with Crippen molar-refractivity contribution in [2.24, 2.45) is 0 Å². The van der Waals surface area contributed by atoms with E-state index in [1.54, 1.807) is 0 Å². The maximum atomic E-state index is 12.5. The number of carbonyl (C=O) groups excluding carboxylic acids is 1. The molecule has 2 aromatic rings. The van der Waals surface area contributed by atoms with Crippen molar-refractivity contribution in [3.8, 4) is 0 Å². The lowest BCUT2D eigenvalue weighted by Crippen LogP contribution is -2.45. The van der Waals surface area contributed by atoms with Gasteiger partial charge in [0, 0.05) is 19.1 Å². The molecule has 3 atom stereocenters. The average Bonchev–Trinajstić information content (AvgIpc) is 3.03. The minimum atomic E-state index is -1.86. The molecule has 0 bridgehead atoms. The number of benzene rings is 2. The van der Waals surface area contributed by atoms with Gasteiger partial charge in [-0.3, -0.25) is 9.69 Å². The second kappa shape index (κ2) is 11.0. The van der Waals surface area contributed by atoms with Crippen molar-refractivity contribution < 1.29 is 18.7 Å². The molecule has 1 aliphatic rings. The molecule has 1 saturated heterocycles. The van der Waals surface area contributed by atoms with Gasteiger partial charge in [0.1, 0.15) is 0 Å². The lowest BCUT2D eigenvalue weighted by atomic mass is 10.1. The lowest BCUT2D eigenvalue weighted by Gasteiger charge is -2.32. The monoisotopic (exact) mass is 441 g/mol. The van der Waals surface area contributed by atoms with Crippen LogP contribution in [0.25, 0.3) is 0 Å². The van der Waals surface area contributed by atoms with Crippen LogP contribution in [0.1, 0.15) is 24.5 Å². The first-order valence-electron chi connectivity index (χ1n) is 11.1. The summed E-state index contributed by atoms with van der Waals surface area (Å²) in [6.45, 7) is 10.8. The van der Waals surface area contributed by atoms with Gasteiger partial charge in [0.05, 0.1) is 31.8 Å². The van der Waals surface area contributed by atoms with E-state index in [4.69, 9.17) is 13.9 Å². The number of ether oxygens (including phenoxy) is 2. The van der Waals surface area contributed by atoms with Crippen LogP contribution in [0.2, 0.25) is 19.6 Å². The Kier molecular flexibility index (Phi) is 8.43. The zero-order chi connectivity index (χ0) is 22.3. The first kappa shape index (κ1) is 23.7. The van der Waals surface area contributed by atoms with Crippen molar-refractivity contribution >= 4 is 14.3 Å². The van der Waals surface area contributed by atoms with Crippen molar-refractivity contribution in [1.29, 1.82) is 0 Å². The van der Waals surface area contributed by atoms with Crippen molar-refractivity contribution in [2.45, 2.75) is 64.4 Å². The molecule has 0 amide bonds. The number of hydrogen-bond acceptors (Lipinski definition) is 5. The van der Waals surface area contributed by atoms with Gasteiger partial charge in [0.25, 0.3) is 0 Å². The van der Waals surface area contributed by atoms with Crippen molar-refractivity contribution in [3.05, 3.63) is 71.8 Å². The van der Waals surface area contributed by atoms with Crippen LogP contribution in [-0.2, 0) is 31.8 Å². The molecule has 0 spiro atoms. The Hall–Kier alpha value is -1.99. The second-order valence-electron chi connectivity index (χ2n) is 9.02. The molecule has 1 aliphatic heterocycles. The third-order valence-corrected chi connectivity index (χ3v) is 6.31. The number of rotatable bonds is 10. The topological polar surface area (TPSA) is 48.0 Å². The molecule has 0 saturated carbocycles. The fourth-order valence-electron chi connectivity index (χ4n) is 4.05. The highest BCUT2D eigenvalue weighted by Gasteiger charge is 2.46. The maximum absolute atomic E-state index is 12.5. The SMILES string of the molecule is CCOC(=O)CC1[C@@H](O[Si](C)(C)C)[C@H](OCc2ccccc2)CN1Cc1ccccc1. The van der Waals surface area contributed by atoms with E-state index < -0.39 is 8.32 Å². The molecule has 0 aromatic heterocycles. The first-order chi connectivity index (χ1) is 14.9. The van der Waals surface area contributed by atoms with Crippen LogP contribution >= 0.6 is 0 Å². The predicted molar refractivity (Wildman–Crippen MR) is 125 cm³/mol. The van der Waals surface area contributed by atoms with Gasteiger partial charge >= 0.3 is 5.97 Å². The van der Waals surface area contributed by atoms with Crippen LogP contribution in [-0.4, -0.2) is 50.6 Å². The van der Waals surface area contributed by atoms with Crippen molar-refractivity contribution in [3.63, 3.8) is 0 Å². The molecular formula is C25H35NO4Si. The van der Waals surface area contributed by atoms with Crippen LogP contribution in [0.5, 0.6) is 0 Å². The van der Waals surface area contributed by atoms with E-state index in [2.05, 4.69) is 48.8 Å². The minimum Gasteiger partial charge on any atom is -0.466 e. The van der Waals surface area contributed by atoms with Crippen LogP contribution in [0, 0.1) is 0 Å². The van der Waals surface area contributed by atoms with Crippen molar-refractivity contribution in [1.82, 2.24) is 4.90 Å². The number of nitrogens with zero attached hydrogens (tertiary/aromatic N) is 1. The Morgan fingerprint density at radius 1 is 1.00 bits per heavy atom. The van der Waals surface area contributed by atoms with E-state index in [9.17, 15) is 4.79 Å². The summed E-state index contributed by atoms with van der Waals surface area (Å²) in [5.74, 6) is -0.182. The van der Waals surface area contributed by atoms with Crippen LogP contribution in [0.15, 0.2) is 60.7 Å². The third kappa shape index (κ3) is 7.28. The van der Waals surface area contributed by atoms with Gasteiger partial charge in [0.2, 0.25) is 0 Å². The highest BCUT2D eigenvalue weighted by atomic mass is 28.4. The van der Waals surface area contributed by atoms with Crippen LogP contribution in [0.3, 0.4) is 0 Å². The zero-order valence-electron chi connectivity index (χ0n) is 19.1. The normalized spacial score (nSPS) is 21.9. The van der Waals surface area contributed by atoms with Gasteiger partial charge < -0.3 is 13.9 Å². The summed E-state index contributed by atoms with van der Waals surface area (Å²) in [4.78, 5) is 14.8. The zero-order valence-corrected chi connectivity index (χ0v) is 20.1. The van der Waals surface area contributed by atoms with Gasteiger partial charge in [-0.1, -0.05) is 60.7 Å². The van der Waals surface area contributed by atoms with Gasteiger partial charge in [0.15, 0.2) is 8.32 Å². The second-order valence-corrected chi connectivity index (χ2v) is 13.5. The molecule has 5 nitrogen and oxygen atoms in total. The van der Waals surface area contributed by atoms with E-state index in [0.717, 1.165) is 18.7 Å². The standard InChI is InChI=1S/C25H35NO4Si/c1-5-28-24(27)16-22-25(30-31(2,3)4)23(29-19-21-14-10-7-11-15-21)18-26(22)17-20-12-8-6-9-13-20/h6-15,22-23,25H,5,16-19H2,1-4H3/t22?,23-,25-/m1/s1. The van der Waals surface area contributed by atoms with E-state index >= 15 is 0 Å². The Morgan fingerprint density at radius 3 is 2.19 bits per heavy atom. The van der Waals surface area contributed by atoms with E-state index in [-0.39, 0.29) is 24.2 Å². The highest BCUT2D eigenvalue weighted by molar-refractivity contribution is 6.69. The molecule has 6 heteroatoms. The number of hydrogen-bond donors (Lipinski definition) is 0. The van der Waals surface area contributed by atoms with Crippen molar-refractivity contribution in [2.75, 3.05) is 13.2 Å². The summed E-state index contributed by atoms with van der Waals surface area (Å²) in [6, 6.07) is 20.5. The quantitative estimate of drug-likeness (QED) is 0.397. The molecule has 0 N–H and O–H groups in total. The fraction of sp³-hybridized carbons (Fsp3) is 0.480. The Morgan fingerprint density at radius 2 is 1.61 bits per heavy atom. The lowest BCUT2D eigenvalue weighted by molar-refractivity contribution is -0.145. The smallest absolute Gasteiger partial charge is 0.307 e. The molecule has 1 heterocycles. The molecule has 0 radical (unpaired) electrons. The van der Waals surface area contributed by atoms with Gasteiger partial charge in [-0.15, -0.1) is 0 Å². The summed E-state index contributed by atoms with van der Waals surface area (Å²) in [6.07, 6.45) is 0.0413. The van der Waals surface area contributed by atoms with Crippen LogP contribution < -0.4 is 0 Å². The molecule has 2 aromatic carbocycles. The molecule has 3 rings (SSSR count). The molecule has 31 heavy (non-hydrogen) atoms. The Bertz CT molecular complexity index is 809. The van der Waals surface area contributed by atoms with E-state index in [0.29, 0.717) is 19.6 Å². The summed E-state index contributed by atoms with van der Waals surface area (Å²) in [7, 11) is -1.86.